The summed E-state index contributed by atoms with van der Waals surface area (Å²) in [5.74, 6) is -0.166. The zero-order valence-corrected chi connectivity index (χ0v) is 16.8. The van der Waals surface area contributed by atoms with E-state index in [0.29, 0.717) is 38.4 Å². The number of hydrogen-bond acceptors (Lipinski definition) is 5. The van der Waals surface area contributed by atoms with Gasteiger partial charge in [-0.05, 0) is 29.5 Å². The van der Waals surface area contributed by atoms with E-state index in [0.717, 1.165) is 16.7 Å². The van der Waals surface area contributed by atoms with Crippen molar-refractivity contribution >= 4 is 21.8 Å². The molecule has 0 bridgehead atoms. The summed E-state index contributed by atoms with van der Waals surface area (Å²) in [6.07, 6.45) is 0.823. The Labute approximate surface area is 170 Å². The molecule has 1 unspecified atom stereocenters. The number of sulfone groups is 1. The van der Waals surface area contributed by atoms with Crippen molar-refractivity contribution in [1.82, 2.24) is 4.90 Å². The molecule has 6 nitrogen and oxygen atoms in total. The van der Waals surface area contributed by atoms with E-state index in [1.807, 2.05) is 59.5 Å². The first-order valence-electron chi connectivity index (χ1n) is 9.87. The van der Waals surface area contributed by atoms with Gasteiger partial charge in [0.15, 0.2) is 15.9 Å². The highest BCUT2D eigenvalue weighted by molar-refractivity contribution is 7.92. The number of amidine groups is 1. The molecule has 1 saturated heterocycles. The summed E-state index contributed by atoms with van der Waals surface area (Å²) in [4.78, 5) is 18.3. The number of benzene rings is 2. The van der Waals surface area contributed by atoms with Crippen LogP contribution >= 0.6 is 0 Å². The molecule has 0 aliphatic carbocycles. The number of aliphatic imine (C=N–C) groups is 1. The monoisotopic (exact) mass is 410 g/mol. The highest BCUT2D eigenvalue weighted by atomic mass is 32.2. The van der Waals surface area contributed by atoms with Gasteiger partial charge in [-0.15, -0.1) is 0 Å². The highest BCUT2D eigenvalue weighted by Gasteiger charge is 2.53. The van der Waals surface area contributed by atoms with Crippen LogP contribution in [0.15, 0.2) is 59.6 Å². The fraction of sp³-hybridized carbons (Fsp3) is 0.364. The molecule has 0 saturated carbocycles. The van der Waals surface area contributed by atoms with Crippen LogP contribution in [0.4, 0.5) is 0 Å². The van der Waals surface area contributed by atoms with E-state index >= 15 is 0 Å². The Balaban J connectivity index is 1.30. The number of piperidine rings is 1. The maximum absolute atomic E-state index is 13.0. The summed E-state index contributed by atoms with van der Waals surface area (Å²) in [6.45, 7) is 0.996. The van der Waals surface area contributed by atoms with Gasteiger partial charge in [0.05, 0.1) is 5.75 Å². The van der Waals surface area contributed by atoms with Crippen molar-refractivity contribution < 1.29 is 17.9 Å². The summed E-state index contributed by atoms with van der Waals surface area (Å²) in [5, 5.41) is 0. The van der Waals surface area contributed by atoms with Crippen LogP contribution in [0.1, 0.15) is 29.5 Å². The molecule has 1 atom stereocenters. The maximum Gasteiger partial charge on any atom is 0.296 e. The minimum atomic E-state index is -3.25. The van der Waals surface area contributed by atoms with Crippen molar-refractivity contribution in [3.8, 4) is 0 Å². The average Bonchev–Trinajstić information content (AvgIpc) is 3.18. The van der Waals surface area contributed by atoms with Gasteiger partial charge in [0.25, 0.3) is 11.9 Å². The van der Waals surface area contributed by atoms with E-state index in [9.17, 15) is 13.2 Å². The van der Waals surface area contributed by atoms with Gasteiger partial charge in [-0.1, -0.05) is 54.6 Å². The first kappa shape index (κ1) is 18.4. The lowest BCUT2D eigenvalue weighted by Gasteiger charge is -2.39. The van der Waals surface area contributed by atoms with Crippen molar-refractivity contribution in [2.75, 3.05) is 13.1 Å². The smallest absolute Gasteiger partial charge is 0.296 e. The number of rotatable bonds is 2. The van der Waals surface area contributed by atoms with Crippen molar-refractivity contribution in [2.24, 2.45) is 4.99 Å². The Morgan fingerprint density at radius 2 is 1.72 bits per heavy atom. The van der Waals surface area contributed by atoms with Crippen LogP contribution in [0, 0.1) is 0 Å². The molecule has 3 aliphatic heterocycles. The molecule has 5 rings (SSSR count). The predicted octanol–water partition coefficient (Wildman–Crippen LogP) is 2.43. The van der Waals surface area contributed by atoms with Crippen LogP contribution in [-0.4, -0.2) is 44.4 Å². The van der Waals surface area contributed by atoms with E-state index in [-0.39, 0.29) is 11.7 Å². The standard InChI is InChI=1S/C22H22N2O4S/c25-20-19(14-16-6-2-1-3-7-16)28-21(23-20)24-12-10-22(11-13-24)18-9-5-4-8-17(18)15-29(22,26)27/h1-9,19H,10-15H2. The lowest BCUT2D eigenvalue weighted by atomic mass is 9.86. The van der Waals surface area contributed by atoms with Crippen molar-refractivity contribution in [1.29, 1.82) is 0 Å². The second-order valence-electron chi connectivity index (χ2n) is 7.93. The first-order valence-corrected chi connectivity index (χ1v) is 11.5. The van der Waals surface area contributed by atoms with Gasteiger partial charge in [0.2, 0.25) is 0 Å². The van der Waals surface area contributed by atoms with Gasteiger partial charge in [-0.3, -0.25) is 4.79 Å². The normalized spacial score (nSPS) is 24.3. The molecule has 7 heteroatoms. The van der Waals surface area contributed by atoms with E-state index in [2.05, 4.69) is 4.99 Å². The second-order valence-corrected chi connectivity index (χ2v) is 10.2. The van der Waals surface area contributed by atoms with Crippen molar-refractivity contribution in [3.05, 3.63) is 71.3 Å². The second kappa shape index (κ2) is 6.69. The van der Waals surface area contributed by atoms with E-state index in [4.69, 9.17) is 4.74 Å². The van der Waals surface area contributed by atoms with Crippen LogP contribution in [0.5, 0.6) is 0 Å². The van der Waals surface area contributed by atoms with Gasteiger partial charge in [0, 0.05) is 19.5 Å². The predicted molar refractivity (Wildman–Crippen MR) is 109 cm³/mol. The zero-order chi connectivity index (χ0) is 20.1. The molecule has 0 N–H and O–H groups in total. The Morgan fingerprint density at radius 3 is 2.48 bits per heavy atom. The van der Waals surface area contributed by atoms with E-state index in [1.165, 1.54) is 0 Å². The SMILES string of the molecule is O=C1N=C(N2CCC3(CC2)c2ccccc2CS3(=O)=O)OC1Cc1ccccc1. The molecule has 1 amide bonds. The van der Waals surface area contributed by atoms with Gasteiger partial charge in [-0.2, -0.15) is 4.99 Å². The molecule has 2 aromatic carbocycles. The average molecular weight is 410 g/mol. The third-order valence-electron chi connectivity index (χ3n) is 6.28. The number of carbonyl (C=O) groups is 1. The van der Waals surface area contributed by atoms with Gasteiger partial charge in [0.1, 0.15) is 4.75 Å². The number of likely N-dealkylation sites (tertiary alicyclic amines) is 1. The van der Waals surface area contributed by atoms with Crippen LogP contribution < -0.4 is 0 Å². The third-order valence-corrected chi connectivity index (χ3v) is 8.79. The van der Waals surface area contributed by atoms with Crippen LogP contribution in [-0.2, 0) is 36.3 Å². The molecule has 0 radical (unpaired) electrons. The van der Waals surface area contributed by atoms with Crippen molar-refractivity contribution in [3.63, 3.8) is 0 Å². The molecule has 1 fully saturated rings. The summed E-state index contributed by atoms with van der Waals surface area (Å²) in [6, 6.07) is 17.7. The fourth-order valence-electron chi connectivity index (χ4n) is 4.71. The molecule has 0 aromatic heterocycles. The maximum atomic E-state index is 13.0. The molecular formula is C22H22N2O4S. The fourth-order valence-corrected chi connectivity index (χ4v) is 6.99. The molecule has 3 aliphatic rings. The van der Waals surface area contributed by atoms with Crippen LogP contribution in [0.2, 0.25) is 0 Å². The van der Waals surface area contributed by atoms with Gasteiger partial charge in [-0.25, -0.2) is 8.42 Å². The number of nitrogens with zero attached hydrogens (tertiary/aromatic N) is 2. The molecule has 2 aromatic rings. The Bertz CT molecular complexity index is 1090. The molecule has 29 heavy (non-hydrogen) atoms. The van der Waals surface area contributed by atoms with E-state index in [1.54, 1.807) is 0 Å². The number of ether oxygens (including phenoxy) is 1. The largest absolute Gasteiger partial charge is 0.451 e. The quantitative estimate of drug-likeness (QED) is 0.760. The minimum absolute atomic E-state index is 0.109. The number of carbonyl (C=O) groups excluding carboxylic acids is 1. The van der Waals surface area contributed by atoms with Crippen molar-refractivity contribution in [2.45, 2.75) is 35.9 Å². The Hall–Kier alpha value is -2.67. The lowest BCUT2D eigenvalue weighted by molar-refractivity contribution is -0.122. The highest BCUT2D eigenvalue weighted by Crippen LogP contribution is 2.48. The van der Waals surface area contributed by atoms with Crippen LogP contribution in [0.3, 0.4) is 0 Å². The summed E-state index contributed by atoms with van der Waals surface area (Å²) >= 11 is 0. The van der Waals surface area contributed by atoms with Gasteiger partial charge >= 0.3 is 0 Å². The summed E-state index contributed by atoms with van der Waals surface area (Å²) < 4.78 is 31.0. The molecular weight excluding hydrogens is 388 g/mol. The molecule has 1 spiro atoms. The number of amides is 1. The summed E-state index contributed by atoms with van der Waals surface area (Å²) in [7, 11) is -3.25. The van der Waals surface area contributed by atoms with Crippen LogP contribution in [0.25, 0.3) is 0 Å². The number of hydrogen-bond donors (Lipinski definition) is 0. The molecule has 3 heterocycles. The topological polar surface area (TPSA) is 76.0 Å². The number of fused-ring (bicyclic) bond motifs is 2. The first-order chi connectivity index (χ1) is 14.0. The zero-order valence-electron chi connectivity index (χ0n) is 16.0. The lowest BCUT2D eigenvalue weighted by Crippen LogP contribution is -2.47. The molecule has 150 valence electrons. The minimum Gasteiger partial charge on any atom is -0.451 e. The summed E-state index contributed by atoms with van der Waals surface area (Å²) in [5.41, 5.74) is 2.87. The Morgan fingerprint density at radius 1 is 1.03 bits per heavy atom. The van der Waals surface area contributed by atoms with Gasteiger partial charge < -0.3 is 9.64 Å². The third kappa shape index (κ3) is 2.95. The van der Waals surface area contributed by atoms with E-state index < -0.39 is 20.7 Å². The Kier molecular flexibility index (Phi) is 4.24.